The van der Waals surface area contributed by atoms with Gasteiger partial charge in [0.2, 0.25) is 6.54 Å². The number of nitrogens with one attached hydrogen (secondary N) is 1. The lowest BCUT2D eigenvalue weighted by Crippen LogP contribution is -2.14. The van der Waals surface area contributed by atoms with Gasteiger partial charge in [-0.3, -0.25) is 10.1 Å². The van der Waals surface area contributed by atoms with Gasteiger partial charge in [0.1, 0.15) is 5.75 Å². The number of aromatic hydroxyl groups is 1. The molecule has 3 aromatic rings. The first kappa shape index (κ1) is 14.1. The van der Waals surface area contributed by atoms with Gasteiger partial charge in [-0.15, -0.1) is 0 Å². The minimum Gasteiger partial charge on any atom is -0.508 e. The summed E-state index contributed by atoms with van der Waals surface area (Å²) in [5.41, 5.74) is 3.53. The predicted molar refractivity (Wildman–Crippen MR) is 84.8 cm³/mol. The first-order chi connectivity index (χ1) is 10.6. The molecular weight excluding hydrogens is 280 g/mol. The van der Waals surface area contributed by atoms with Crippen molar-refractivity contribution in [3.63, 3.8) is 0 Å². The molecule has 0 amide bonds. The van der Waals surface area contributed by atoms with E-state index in [9.17, 15) is 15.2 Å². The molecule has 112 valence electrons. The molecule has 0 bridgehead atoms. The highest BCUT2D eigenvalue weighted by molar-refractivity contribution is 5.85. The first-order valence-corrected chi connectivity index (χ1v) is 7.04. The number of aromatic amines is 1. The van der Waals surface area contributed by atoms with Crippen molar-refractivity contribution in [2.75, 3.05) is 6.54 Å². The maximum absolute atomic E-state index is 11.1. The van der Waals surface area contributed by atoms with Crippen LogP contribution in [0.2, 0.25) is 0 Å². The number of hydrogen-bond donors (Lipinski definition) is 2. The summed E-state index contributed by atoms with van der Waals surface area (Å²) in [4.78, 5) is 14.1. The third-order valence-electron chi connectivity index (χ3n) is 3.90. The van der Waals surface area contributed by atoms with E-state index in [0.717, 1.165) is 27.7 Å². The Balaban J connectivity index is 2.20. The Bertz CT molecular complexity index is 839. The molecule has 2 aromatic carbocycles. The summed E-state index contributed by atoms with van der Waals surface area (Å²) in [6, 6.07) is 14.5. The Morgan fingerprint density at radius 1 is 1.23 bits per heavy atom. The minimum absolute atomic E-state index is 0.114. The van der Waals surface area contributed by atoms with Crippen molar-refractivity contribution in [3.8, 4) is 5.75 Å². The standard InChI is InChI=1S/C17H16N2O3/c1-11-17(14-7-2-3-8-16(14)18-11)15(10-19(21)22)12-5-4-6-13(20)9-12/h2-9,15,18,20H,10H2,1H3/t15-/m1/s1. The maximum Gasteiger partial charge on any atom is 0.214 e. The Morgan fingerprint density at radius 3 is 2.73 bits per heavy atom. The number of nitro groups is 1. The Kier molecular flexibility index (Phi) is 3.55. The predicted octanol–water partition coefficient (Wildman–Crippen LogP) is 3.59. The Hall–Kier alpha value is -2.82. The van der Waals surface area contributed by atoms with Crippen molar-refractivity contribution >= 4 is 10.9 Å². The molecule has 22 heavy (non-hydrogen) atoms. The number of hydrogen-bond acceptors (Lipinski definition) is 3. The van der Waals surface area contributed by atoms with Crippen molar-refractivity contribution in [2.24, 2.45) is 0 Å². The number of aryl methyl sites for hydroxylation is 1. The van der Waals surface area contributed by atoms with Crippen LogP contribution in [0.4, 0.5) is 0 Å². The van der Waals surface area contributed by atoms with Crippen LogP contribution in [-0.4, -0.2) is 21.6 Å². The number of rotatable bonds is 4. The zero-order valence-electron chi connectivity index (χ0n) is 12.1. The highest BCUT2D eigenvalue weighted by Crippen LogP contribution is 2.34. The molecule has 0 radical (unpaired) electrons. The van der Waals surface area contributed by atoms with Gasteiger partial charge in [-0.25, -0.2) is 0 Å². The van der Waals surface area contributed by atoms with E-state index in [-0.39, 0.29) is 17.2 Å². The first-order valence-electron chi connectivity index (χ1n) is 7.04. The molecule has 0 aliphatic rings. The molecule has 5 nitrogen and oxygen atoms in total. The van der Waals surface area contributed by atoms with Gasteiger partial charge >= 0.3 is 0 Å². The van der Waals surface area contributed by atoms with E-state index in [1.807, 2.05) is 37.3 Å². The fourth-order valence-electron chi connectivity index (χ4n) is 3.00. The van der Waals surface area contributed by atoms with E-state index in [1.165, 1.54) is 0 Å². The maximum atomic E-state index is 11.1. The summed E-state index contributed by atoms with van der Waals surface area (Å²) in [6.45, 7) is 1.71. The average Bonchev–Trinajstić information content (AvgIpc) is 2.80. The minimum atomic E-state index is -0.404. The molecule has 0 aliphatic heterocycles. The lowest BCUT2D eigenvalue weighted by Gasteiger charge is -2.14. The fraction of sp³-hybridized carbons (Fsp3) is 0.176. The van der Waals surface area contributed by atoms with Crippen LogP contribution < -0.4 is 0 Å². The number of fused-ring (bicyclic) bond motifs is 1. The van der Waals surface area contributed by atoms with Gasteiger partial charge in [-0.05, 0) is 36.2 Å². The second-order valence-corrected chi connectivity index (χ2v) is 5.37. The zero-order chi connectivity index (χ0) is 15.7. The topological polar surface area (TPSA) is 79.2 Å². The molecule has 0 fully saturated rings. The van der Waals surface area contributed by atoms with Gasteiger partial charge in [0, 0.05) is 21.5 Å². The summed E-state index contributed by atoms with van der Waals surface area (Å²) >= 11 is 0. The lowest BCUT2D eigenvalue weighted by molar-refractivity contribution is -0.481. The Morgan fingerprint density at radius 2 is 2.00 bits per heavy atom. The Labute approximate surface area is 127 Å². The molecule has 0 saturated heterocycles. The van der Waals surface area contributed by atoms with Crippen LogP contribution in [0.5, 0.6) is 5.75 Å². The van der Waals surface area contributed by atoms with Crippen molar-refractivity contribution in [2.45, 2.75) is 12.8 Å². The second kappa shape index (κ2) is 5.52. The molecule has 0 saturated carbocycles. The average molecular weight is 296 g/mol. The molecule has 5 heteroatoms. The van der Waals surface area contributed by atoms with Crippen LogP contribution in [0, 0.1) is 17.0 Å². The van der Waals surface area contributed by atoms with E-state index < -0.39 is 5.92 Å². The van der Waals surface area contributed by atoms with E-state index in [2.05, 4.69) is 4.98 Å². The largest absolute Gasteiger partial charge is 0.508 e. The van der Waals surface area contributed by atoms with Gasteiger partial charge in [-0.2, -0.15) is 0 Å². The molecule has 1 atom stereocenters. The normalized spacial score (nSPS) is 12.4. The molecule has 2 N–H and O–H groups in total. The summed E-state index contributed by atoms with van der Waals surface area (Å²) in [6.07, 6.45) is 0. The van der Waals surface area contributed by atoms with Crippen LogP contribution in [0.15, 0.2) is 48.5 Å². The van der Waals surface area contributed by atoms with E-state index >= 15 is 0 Å². The summed E-state index contributed by atoms with van der Waals surface area (Å²) in [5.74, 6) is -0.290. The zero-order valence-corrected chi connectivity index (χ0v) is 12.1. The van der Waals surface area contributed by atoms with E-state index in [0.29, 0.717) is 0 Å². The lowest BCUT2D eigenvalue weighted by atomic mass is 9.89. The number of phenols is 1. The number of H-pyrrole nitrogens is 1. The number of aromatic nitrogens is 1. The molecule has 0 unspecified atom stereocenters. The number of nitrogens with zero attached hydrogens (tertiary/aromatic N) is 1. The molecule has 3 rings (SSSR count). The van der Waals surface area contributed by atoms with Crippen molar-refractivity contribution in [3.05, 3.63) is 75.5 Å². The van der Waals surface area contributed by atoms with Crippen LogP contribution in [-0.2, 0) is 0 Å². The monoisotopic (exact) mass is 296 g/mol. The van der Waals surface area contributed by atoms with E-state index in [1.54, 1.807) is 18.2 Å². The van der Waals surface area contributed by atoms with Crippen LogP contribution in [0.25, 0.3) is 10.9 Å². The van der Waals surface area contributed by atoms with Crippen LogP contribution in [0.3, 0.4) is 0 Å². The third-order valence-corrected chi connectivity index (χ3v) is 3.90. The van der Waals surface area contributed by atoms with Crippen molar-refractivity contribution in [1.29, 1.82) is 0 Å². The molecule has 1 aromatic heterocycles. The van der Waals surface area contributed by atoms with Gasteiger partial charge in [0.05, 0.1) is 5.92 Å². The quantitative estimate of drug-likeness (QED) is 0.570. The van der Waals surface area contributed by atoms with Gasteiger partial charge in [0.15, 0.2) is 0 Å². The van der Waals surface area contributed by atoms with E-state index in [4.69, 9.17) is 0 Å². The fourth-order valence-corrected chi connectivity index (χ4v) is 3.00. The van der Waals surface area contributed by atoms with Gasteiger partial charge in [-0.1, -0.05) is 30.3 Å². The highest BCUT2D eigenvalue weighted by atomic mass is 16.6. The molecule has 0 spiro atoms. The molecule has 0 aliphatic carbocycles. The smallest absolute Gasteiger partial charge is 0.214 e. The summed E-state index contributed by atoms with van der Waals surface area (Å²) in [5, 5.41) is 21.8. The van der Waals surface area contributed by atoms with Crippen molar-refractivity contribution < 1.29 is 10.0 Å². The second-order valence-electron chi connectivity index (χ2n) is 5.37. The van der Waals surface area contributed by atoms with Crippen LogP contribution in [0.1, 0.15) is 22.7 Å². The molecular formula is C17H16N2O3. The SMILES string of the molecule is Cc1[nH]c2ccccc2c1[C@H](C[N+](=O)[O-])c1cccc(O)c1. The van der Waals surface area contributed by atoms with Gasteiger partial charge in [0.25, 0.3) is 0 Å². The number of benzene rings is 2. The summed E-state index contributed by atoms with van der Waals surface area (Å²) < 4.78 is 0. The number of phenolic OH excluding ortho intramolecular Hbond substituents is 1. The van der Waals surface area contributed by atoms with Gasteiger partial charge < -0.3 is 10.1 Å². The summed E-state index contributed by atoms with van der Waals surface area (Å²) in [7, 11) is 0. The highest BCUT2D eigenvalue weighted by Gasteiger charge is 2.25. The molecule has 1 heterocycles. The van der Waals surface area contributed by atoms with Crippen LogP contribution >= 0.6 is 0 Å². The number of para-hydroxylation sites is 1. The third kappa shape index (κ3) is 2.53. The van der Waals surface area contributed by atoms with Crippen molar-refractivity contribution in [1.82, 2.24) is 4.98 Å².